The van der Waals surface area contributed by atoms with Gasteiger partial charge < -0.3 is 20.5 Å². The lowest BCUT2D eigenvalue weighted by atomic mass is 9.98. The van der Waals surface area contributed by atoms with E-state index in [1.165, 1.54) is 0 Å². The van der Waals surface area contributed by atoms with E-state index in [2.05, 4.69) is 0 Å². The van der Waals surface area contributed by atoms with Crippen molar-refractivity contribution >= 4 is 18.0 Å². The summed E-state index contributed by atoms with van der Waals surface area (Å²) in [6, 6.07) is 12.1. The van der Waals surface area contributed by atoms with Crippen LogP contribution in [0.4, 0.5) is 18.0 Å². The van der Waals surface area contributed by atoms with Crippen molar-refractivity contribution in [2.24, 2.45) is 5.92 Å². The number of alkyl carbamates (subject to hydrolysis) is 1. The monoisotopic (exact) mass is 478 g/mol. The van der Waals surface area contributed by atoms with Gasteiger partial charge in [-0.3, -0.25) is 9.59 Å². The highest BCUT2D eigenvalue weighted by atomic mass is 19.4. The number of aliphatic carboxylic acids is 1. The Hall–Kier alpha value is -3.56. The molecule has 0 bridgehead atoms. The van der Waals surface area contributed by atoms with Gasteiger partial charge in [-0.25, -0.2) is 4.79 Å². The highest BCUT2D eigenvalue weighted by Gasteiger charge is 2.46. The number of alkyl halides is 3. The third-order valence-electron chi connectivity index (χ3n) is 5.70. The number of hydrogen-bond acceptors (Lipinski definition) is 4. The molecule has 2 aromatic carbocycles. The molecule has 1 aliphatic carbocycles. The lowest BCUT2D eigenvalue weighted by Gasteiger charge is -2.22. The Morgan fingerprint density at radius 2 is 1.59 bits per heavy atom. The Morgan fingerprint density at radius 1 is 1.03 bits per heavy atom. The molecule has 7 nitrogen and oxygen atoms in total. The van der Waals surface area contributed by atoms with Crippen molar-refractivity contribution in [1.82, 2.24) is 10.6 Å². The average molecular weight is 478 g/mol. The fourth-order valence-corrected chi connectivity index (χ4v) is 4.04. The topological polar surface area (TPSA) is 105 Å². The Kier molecular flexibility index (Phi) is 7.80. The maximum absolute atomic E-state index is 13.4. The van der Waals surface area contributed by atoms with Gasteiger partial charge in [-0.1, -0.05) is 61.9 Å². The summed E-state index contributed by atoms with van der Waals surface area (Å²) in [5.74, 6) is -4.17. The molecular formula is C24H25F3N2O5. The van der Waals surface area contributed by atoms with E-state index in [0.29, 0.717) is 6.42 Å². The largest absolute Gasteiger partial charge is 0.481 e. The summed E-state index contributed by atoms with van der Waals surface area (Å²) in [5, 5.41) is 12.7. The number of rotatable bonds is 9. The van der Waals surface area contributed by atoms with Crippen LogP contribution in [0.25, 0.3) is 11.1 Å². The van der Waals surface area contributed by atoms with Crippen molar-refractivity contribution in [2.75, 3.05) is 13.2 Å². The maximum atomic E-state index is 13.4. The number of nitrogens with one attached hydrogen (secondary N) is 2. The van der Waals surface area contributed by atoms with E-state index in [0.717, 1.165) is 22.3 Å². The van der Waals surface area contributed by atoms with Crippen LogP contribution in [0.3, 0.4) is 0 Å². The van der Waals surface area contributed by atoms with E-state index in [1.807, 2.05) is 53.8 Å². The number of halogens is 3. The van der Waals surface area contributed by atoms with Gasteiger partial charge in [-0.15, -0.1) is 0 Å². The molecule has 0 saturated carbocycles. The number of carbonyl (C=O) groups is 3. The van der Waals surface area contributed by atoms with Crippen LogP contribution in [-0.4, -0.2) is 48.4 Å². The molecule has 0 aromatic heterocycles. The van der Waals surface area contributed by atoms with Crippen molar-refractivity contribution < 1.29 is 37.4 Å². The van der Waals surface area contributed by atoms with Crippen LogP contribution in [-0.2, 0) is 14.3 Å². The molecule has 2 unspecified atom stereocenters. The predicted molar refractivity (Wildman–Crippen MR) is 117 cm³/mol. The zero-order chi connectivity index (χ0) is 24.9. The van der Waals surface area contributed by atoms with Crippen LogP contribution in [0.5, 0.6) is 0 Å². The Labute approximate surface area is 194 Å². The molecule has 2 atom stereocenters. The van der Waals surface area contributed by atoms with Crippen molar-refractivity contribution in [1.29, 1.82) is 0 Å². The number of benzene rings is 2. The summed E-state index contributed by atoms with van der Waals surface area (Å²) < 4.78 is 45.4. The molecule has 0 spiro atoms. The highest BCUT2D eigenvalue weighted by Crippen LogP contribution is 2.44. The van der Waals surface area contributed by atoms with Gasteiger partial charge in [0.05, 0.1) is 5.92 Å². The minimum Gasteiger partial charge on any atom is -0.481 e. The quantitative estimate of drug-likeness (QED) is 0.504. The lowest BCUT2D eigenvalue weighted by Crippen LogP contribution is -2.55. The third-order valence-corrected chi connectivity index (χ3v) is 5.70. The Balaban J connectivity index is 1.65. The SMILES string of the molecule is CCCC(CNC(=O)C(NC(=O)OCC1c2ccccc2-c2ccccc21)C(F)(F)F)C(=O)O. The van der Waals surface area contributed by atoms with Gasteiger partial charge >= 0.3 is 18.2 Å². The smallest absolute Gasteiger partial charge is 0.417 e. The molecule has 3 rings (SSSR count). The zero-order valence-corrected chi connectivity index (χ0v) is 18.4. The molecule has 0 saturated heterocycles. The number of carboxylic acid groups (broad SMARTS) is 1. The van der Waals surface area contributed by atoms with Gasteiger partial charge in [0.15, 0.2) is 0 Å². The Bertz CT molecular complexity index is 1010. The third kappa shape index (κ3) is 5.67. The molecule has 0 heterocycles. The predicted octanol–water partition coefficient (Wildman–Crippen LogP) is 4.07. The number of ether oxygens (including phenoxy) is 1. The zero-order valence-electron chi connectivity index (χ0n) is 18.4. The summed E-state index contributed by atoms with van der Waals surface area (Å²) in [4.78, 5) is 35.5. The first kappa shape index (κ1) is 25.1. The summed E-state index contributed by atoms with van der Waals surface area (Å²) in [7, 11) is 0. The molecular weight excluding hydrogens is 453 g/mol. The van der Waals surface area contributed by atoms with Crippen LogP contribution >= 0.6 is 0 Å². The second kappa shape index (κ2) is 10.6. The second-order valence-electron chi connectivity index (χ2n) is 8.01. The first-order valence-electron chi connectivity index (χ1n) is 10.8. The van der Waals surface area contributed by atoms with E-state index in [9.17, 15) is 27.6 Å². The molecule has 0 radical (unpaired) electrons. The second-order valence-corrected chi connectivity index (χ2v) is 8.01. The van der Waals surface area contributed by atoms with Crippen LogP contribution in [0, 0.1) is 5.92 Å². The number of carboxylic acids is 1. The van der Waals surface area contributed by atoms with Crippen LogP contribution < -0.4 is 10.6 Å². The van der Waals surface area contributed by atoms with Gasteiger partial charge in [-0.2, -0.15) is 13.2 Å². The van der Waals surface area contributed by atoms with Crippen molar-refractivity contribution in [3.8, 4) is 11.1 Å². The standard InChI is InChI=1S/C24H25F3N2O5/c1-2-7-14(22(31)32)12-28-21(30)20(24(25,26)27)29-23(33)34-13-19-17-10-5-3-8-15(17)16-9-4-6-11-18(16)19/h3-6,8-11,14,19-20H,2,7,12-13H2,1H3,(H,28,30)(H,29,33)(H,31,32). The van der Waals surface area contributed by atoms with Crippen molar-refractivity contribution in [3.05, 3.63) is 59.7 Å². The van der Waals surface area contributed by atoms with E-state index in [4.69, 9.17) is 9.84 Å². The molecule has 0 aliphatic heterocycles. The average Bonchev–Trinajstić information content (AvgIpc) is 3.11. The van der Waals surface area contributed by atoms with Crippen LogP contribution in [0.2, 0.25) is 0 Å². The van der Waals surface area contributed by atoms with Gasteiger partial charge in [0.25, 0.3) is 5.91 Å². The minimum atomic E-state index is -5.10. The molecule has 0 fully saturated rings. The summed E-state index contributed by atoms with van der Waals surface area (Å²) >= 11 is 0. The van der Waals surface area contributed by atoms with E-state index < -0.39 is 42.7 Å². The summed E-state index contributed by atoms with van der Waals surface area (Å²) in [5.41, 5.74) is 3.69. The fourth-order valence-electron chi connectivity index (χ4n) is 4.04. The molecule has 2 amide bonds. The van der Waals surface area contributed by atoms with Gasteiger partial charge in [0.2, 0.25) is 6.04 Å². The molecule has 2 aromatic rings. The first-order chi connectivity index (χ1) is 16.1. The number of fused-ring (bicyclic) bond motifs is 3. The molecule has 3 N–H and O–H groups in total. The van der Waals surface area contributed by atoms with Gasteiger partial charge in [0.1, 0.15) is 6.61 Å². The molecule has 10 heteroatoms. The van der Waals surface area contributed by atoms with Crippen molar-refractivity contribution in [3.63, 3.8) is 0 Å². The van der Waals surface area contributed by atoms with Gasteiger partial charge in [0, 0.05) is 12.5 Å². The van der Waals surface area contributed by atoms with Crippen LogP contribution in [0.1, 0.15) is 36.8 Å². The molecule has 1 aliphatic rings. The molecule has 182 valence electrons. The normalized spacial score (nSPS) is 14.5. The van der Waals surface area contributed by atoms with Crippen LogP contribution in [0.15, 0.2) is 48.5 Å². The minimum absolute atomic E-state index is 0.187. The summed E-state index contributed by atoms with van der Waals surface area (Å²) in [6.07, 6.45) is -5.83. The van der Waals surface area contributed by atoms with Gasteiger partial charge in [-0.05, 0) is 28.7 Å². The number of carbonyl (C=O) groups excluding carboxylic acids is 2. The summed E-state index contributed by atoms with van der Waals surface area (Å²) in [6.45, 7) is 1.01. The molecule has 34 heavy (non-hydrogen) atoms. The number of amides is 2. The van der Waals surface area contributed by atoms with E-state index >= 15 is 0 Å². The highest BCUT2D eigenvalue weighted by molar-refractivity contribution is 5.87. The van der Waals surface area contributed by atoms with E-state index in [-0.39, 0.29) is 18.9 Å². The van der Waals surface area contributed by atoms with E-state index in [1.54, 1.807) is 12.2 Å². The lowest BCUT2D eigenvalue weighted by molar-refractivity contribution is -0.167. The van der Waals surface area contributed by atoms with Crippen molar-refractivity contribution in [2.45, 2.75) is 37.9 Å². The fraction of sp³-hybridized carbons (Fsp3) is 0.375. The maximum Gasteiger partial charge on any atom is 0.417 e. The Morgan fingerprint density at radius 3 is 2.09 bits per heavy atom. The number of hydrogen-bond donors (Lipinski definition) is 3. The first-order valence-corrected chi connectivity index (χ1v) is 10.8.